The normalized spacial score (nSPS) is 11.6. The average Bonchev–Trinajstić information content (AvgIpc) is 2.09. The summed E-state index contributed by atoms with van der Waals surface area (Å²) in [7, 11) is 0. The molecule has 1 aromatic rings. The van der Waals surface area contributed by atoms with Gasteiger partial charge in [-0.05, 0) is 37.6 Å². The van der Waals surface area contributed by atoms with Crippen molar-refractivity contribution in [2.45, 2.75) is 13.8 Å². The Labute approximate surface area is 90.8 Å². The summed E-state index contributed by atoms with van der Waals surface area (Å²) >= 11 is 3.16. The van der Waals surface area contributed by atoms with Gasteiger partial charge in [-0.25, -0.2) is 4.39 Å². The van der Waals surface area contributed by atoms with E-state index in [0.29, 0.717) is 15.6 Å². The standard InChI is InChI=1S/C11H10BrFO/c1-7(8(2)14)5-9-3-4-10(12)6-11(9)13/h3-6H,1-2H3/b7-5+. The summed E-state index contributed by atoms with van der Waals surface area (Å²) in [4.78, 5) is 10.9. The van der Waals surface area contributed by atoms with Gasteiger partial charge in [-0.2, -0.15) is 0 Å². The lowest BCUT2D eigenvalue weighted by atomic mass is 10.1. The summed E-state index contributed by atoms with van der Waals surface area (Å²) in [6.07, 6.45) is 1.55. The fraction of sp³-hybridized carbons (Fsp3) is 0.182. The van der Waals surface area contributed by atoms with Crippen LogP contribution in [0.15, 0.2) is 28.2 Å². The van der Waals surface area contributed by atoms with Gasteiger partial charge in [0.25, 0.3) is 0 Å². The molecule has 0 atom stereocenters. The number of ketones is 1. The van der Waals surface area contributed by atoms with Crippen LogP contribution in [-0.2, 0) is 4.79 Å². The van der Waals surface area contributed by atoms with Crippen LogP contribution < -0.4 is 0 Å². The quantitative estimate of drug-likeness (QED) is 0.740. The molecule has 0 bridgehead atoms. The molecule has 1 nitrogen and oxygen atoms in total. The van der Waals surface area contributed by atoms with E-state index in [-0.39, 0.29) is 11.6 Å². The molecule has 0 N–H and O–H groups in total. The van der Waals surface area contributed by atoms with Gasteiger partial charge in [0.15, 0.2) is 5.78 Å². The Kier molecular flexibility index (Phi) is 3.58. The van der Waals surface area contributed by atoms with Crippen LogP contribution in [0.2, 0.25) is 0 Å². The van der Waals surface area contributed by atoms with Crippen molar-refractivity contribution in [1.82, 2.24) is 0 Å². The number of allylic oxidation sites excluding steroid dienone is 1. The van der Waals surface area contributed by atoms with Crippen LogP contribution in [0.3, 0.4) is 0 Å². The van der Waals surface area contributed by atoms with Gasteiger partial charge in [-0.1, -0.05) is 22.0 Å². The van der Waals surface area contributed by atoms with E-state index in [1.165, 1.54) is 13.0 Å². The van der Waals surface area contributed by atoms with Crippen molar-refractivity contribution < 1.29 is 9.18 Å². The molecule has 1 aromatic carbocycles. The Morgan fingerprint density at radius 3 is 2.57 bits per heavy atom. The average molecular weight is 257 g/mol. The third-order valence-corrected chi connectivity index (χ3v) is 2.38. The van der Waals surface area contributed by atoms with Crippen LogP contribution in [0, 0.1) is 5.82 Å². The summed E-state index contributed by atoms with van der Waals surface area (Å²) in [5.41, 5.74) is 0.979. The number of rotatable bonds is 2. The van der Waals surface area contributed by atoms with Crippen LogP contribution in [0.1, 0.15) is 19.4 Å². The lowest BCUT2D eigenvalue weighted by Crippen LogP contribution is -1.92. The first-order chi connectivity index (χ1) is 6.50. The lowest BCUT2D eigenvalue weighted by Gasteiger charge is -1.99. The van der Waals surface area contributed by atoms with E-state index in [4.69, 9.17) is 0 Å². The lowest BCUT2D eigenvalue weighted by molar-refractivity contribution is -0.113. The van der Waals surface area contributed by atoms with Crippen LogP contribution in [-0.4, -0.2) is 5.78 Å². The maximum atomic E-state index is 13.3. The highest BCUT2D eigenvalue weighted by Crippen LogP contribution is 2.17. The predicted molar refractivity (Wildman–Crippen MR) is 58.4 cm³/mol. The van der Waals surface area contributed by atoms with Crippen molar-refractivity contribution in [2.24, 2.45) is 0 Å². The highest BCUT2D eigenvalue weighted by Gasteiger charge is 2.02. The molecule has 0 aliphatic heterocycles. The SMILES string of the molecule is CC(=O)/C(C)=C/c1ccc(Br)cc1F. The maximum Gasteiger partial charge on any atom is 0.155 e. The van der Waals surface area contributed by atoms with Crippen molar-refractivity contribution in [2.75, 3.05) is 0 Å². The minimum Gasteiger partial charge on any atom is -0.295 e. The smallest absolute Gasteiger partial charge is 0.155 e. The van der Waals surface area contributed by atoms with E-state index in [1.807, 2.05) is 0 Å². The molecule has 0 heterocycles. The first kappa shape index (κ1) is 11.1. The Morgan fingerprint density at radius 2 is 2.07 bits per heavy atom. The van der Waals surface area contributed by atoms with Crippen LogP contribution >= 0.6 is 15.9 Å². The molecule has 0 radical (unpaired) electrons. The molecule has 0 amide bonds. The van der Waals surface area contributed by atoms with Crippen LogP contribution in [0.25, 0.3) is 6.08 Å². The van der Waals surface area contributed by atoms with E-state index in [1.54, 1.807) is 25.1 Å². The minimum atomic E-state index is -0.333. The third kappa shape index (κ3) is 2.77. The van der Waals surface area contributed by atoms with Crippen LogP contribution in [0.5, 0.6) is 0 Å². The van der Waals surface area contributed by atoms with Crippen molar-refractivity contribution >= 4 is 27.8 Å². The Hall–Kier alpha value is -0.960. The second-order valence-corrected chi connectivity index (χ2v) is 3.97. The number of carbonyl (C=O) groups excluding carboxylic acids is 1. The molecule has 74 valence electrons. The summed E-state index contributed by atoms with van der Waals surface area (Å²) in [6.45, 7) is 3.13. The van der Waals surface area contributed by atoms with Gasteiger partial charge in [0.2, 0.25) is 0 Å². The number of Topliss-reactive ketones (excluding diaryl/α,β-unsaturated/α-hetero) is 1. The first-order valence-corrected chi connectivity index (χ1v) is 4.94. The predicted octanol–water partition coefficient (Wildman–Crippen LogP) is 3.58. The van der Waals surface area contributed by atoms with Gasteiger partial charge in [-0.3, -0.25) is 4.79 Å². The van der Waals surface area contributed by atoms with E-state index in [2.05, 4.69) is 15.9 Å². The van der Waals surface area contributed by atoms with E-state index in [9.17, 15) is 9.18 Å². The zero-order chi connectivity index (χ0) is 10.7. The number of benzene rings is 1. The number of hydrogen-bond donors (Lipinski definition) is 0. The Morgan fingerprint density at radius 1 is 1.43 bits per heavy atom. The molecule has 3 heteroatoms. The molecule has 0 unspecified atom stereocenters. The number of carbonyl (C=O) groups is 1. The molecule has 14 heavy (non-hydrogen) atoms. The maximum absolute atomic E-state index is 13.3. The fourth-order valence-corrected chi connectivity index (χ4v) is 1.29. The molecule has 0 aliphatic carbocycles. The summed E-state index contributed by atoms with van der Waals surface area (Å²) in [6, 6.07) is 4.74. The molecule has 0 spiro atoms. The molecule has 0 saturated carbocycles. The molecule has 0 saturated heterocycles. The van der Waals surface area contributed by atoms with Gasteiger partial charge in [0.1, 0.15) is 5.82 Å². The van der Waals surface area contributed by atoms with Crippen molar-refractivity contribution in [3.63, 3.8) is 0 Å². The summed E-state index contributed by atoms with van der Waals surface area (Å²) in [5.74, 6) is -0.382. The van der Waals surface area contributed by atoms with Crippen molar-refractivity contribution in [1.29, 1.82) is 0 Å². The molecule has 1 rings (SSSR count). The fourth-order valence-electron chi connectivity index (χ4n) is 0.953. The number of halogens is 2. The van der Waals surface area contributed by atoms with Crippen LogP contribution in [0.4, 0.5) is 4.39 Å². The number of hydrogen-bond acceptors (Lipinski definition) is 1. The van der Waals surface area contributed by atoms with E-state index in [0.717, 1.165) is 0 Å². The Bertz CT molecular complexity index is 396. The topological polar surface area (TPSA) is 17.1 Å². The molecular weight excluding hydrogens is 247 g/mol. The van der Waals surface area contributed by atoms with Gasteiger partial charge >= 0.3 is 0 Å². The molecule has 0 aliphatic rings. The first-order valence-electron chi connectivity index (χ1n) is 4.15. The highest BCUT2D eigenvalue weighted by molar-refractivity contribution is 9.10. The summed E-state index contributed by atoms with van der Waals surface area (Å²) in [5, 5.41) is 0. The summed E-state index contributed by atoms with van der Waals surface area (Å²) < 4.78 is 14.0. The second-order valence-electron chi connectivity index (χ2n) is 3.05. The highest BCUT2D eigenvalue weighted by atomic mass is 79.9. The third-order valence-electron chi connectivity index (χ3n) is 1.89. The van der Waals surface area contributed by atoms with Gasteiger partial charge in [0.05, 0.1) is 0 Å². The minimum absolute atomic E-state index is 0.0488. The van der Waals surface area contributed by atoms with Gasteiger partial charge in [-0.15, -0.1) is 0 Å². The second kappa shape index (κ2) is 4.51. The zero-order valence-electron chi connectivity index (χ0n) is 7.97. The van der Waals surface area contributed by atoms with Crippen molar-refractivity contribution in [3.8, 4) is 0 Å². The molecule has 0 fully saturated rings. The van der Waals surface area contributed by atoms with Gasteiger partial charge < -0.3 is 0 Å². The Balaban J connectivity index is 3.09. The monoisotopic (exact) mass is 256 g/mol. The van der Waals surface area contributed by atoms with Crippen molar-refractivity contribution in [3.05, 3.63) is 39.6 Å². The van der Waals surface area contributed by atoms with Gasteiger partial charge in [0, 0.05) is 10.0 Å². The van der Waals surface area contributed by atoms with E-state index >= 15 is 0 Å². The molecule has 0 aromatic heterocycles. The van der Waals surface area contributed by atoms with E-state index < -0.39 is 0 Å². The molecular formula is C11H10BrFO. The largest absolute Gasteiger partial charge is 0.295 e. The zero-order valence-corrected chi connectivity index (χ0v) is 9.56.